The summed E-state index contributed by atoms with van der Waals surface area (Å²) in [5, 5.41) is 0.557. The van der Waals surface area contributed by atoms with Crippen LogP contribution in [0.4, 0.5) is 5.69 Å². The first-order chi connectivity index (χ1) is 14.9. The van der Waals surface area contributed by atoms with Crippen molar-refractivity contribution in [3.63, 3.8) is 0 Å². The molecule has 0 saturated carbocycles. The molecule has 1 aliphatic rings. The lowest BCUT2D eigenvalue weighted by molar-refractivity contribution is 0.0746. The minimum atomic E-state index is -3.58. The van der Waals surface area contributed by atoms with E-state index in [-0.39, 0.29) is 16.6 Å². The molecule has 1 amide bonds. The van der Waals surface area contributed by atoms with E-state index in [9.17, 15) is 13.2 Å². The Morgan fingerprint density at radius 2 is 1.52 bits per heavy atom. The van der Waals surface area contributed by atoms with E-state index in [1.165, 1.54) is 12.1 Å². The molecule has 160 valence electrons. The summed E-state index contributed by atoms with van der Waals surface area (Å²) in [6.07, 6.45) is 0. The zero-order valence-corrected chi connectivity index (χ0v) is 18.5. The van der Waals surface area contributed by atoms with Crippen LogP contribution in [0.25, 0.3) is 0 Å². The fourth-order valence-corrected chi connectivity index (χ4v) is 5.21. The minimum Gasteiger partial charge on any atom is -0.368 e. The van der Waals surface area contributed by atoms with Gasteiger partial charge in [-0.1, -0.05) is 48.0 Å². The fraction of sp³-hybridized carbons (Fsp3) is 0.208. The Morgan fingerprint density at radius 1 is 0.839 bits per heavy atom. The number of nitrogens with zero attached hydrogens (tertiary/aromatic N) is 2. The molecule has 1 aliphatic heterocycles. The molecule has 4 rings (SSSR count). The summed E-state index contributed by atoms with van der Waals surface area (Å²) < 4.78 is 25.7. The zero-order chi connectivity index (χ0) is 21.8. The molecule has 31 heavy (non-hydrogen) atoms. The van der Waals surface area contributed by atoms with Crippen molar-refractivity contribution >= 4 is 33.0 Å². The monoisotopic (exact) mass is 454 g/mol. The molecule has 1 heterocycles. The maximum Gasteiger partial charge on any atom is 0.254 e. The van der Waals surface area contributed by atoms with Crippen LogP contribution >= 0.6 is 11.6 Å². The van der Waals surface area contributed by atoms with Crippen molar-refractivity contribution in [3.05, 3.63) is 95.0 Å². The lowest BCUT2D eigenvalue weighted by Crippen LogP contribution is -2.48. The van der Waals surface area contributed by atoms with Gasteiger partial charge in [-0.05, 0) is 48.0 Å². The van der Waals surface area contributed by atoms with Gasteiger partial charge in [-0.15, -0.1) is 0 Å². The summed E-state index contributed by atoms with van der Waals surface area (Å²) in [5.41, 5.74) is 2.19. The van der Waals surface area contributed by atoms with Crippen LogP contribution < -0.4 is 4.90 Å². The Hall–Kier alpha value is -2.83. The Morgan fingerprint density at radius 3 is 2.19 bits per heavy atom. The quantitative estimate of drug-likeness (QED) is 0.577. The highest BCUT2D eigenvalue weighted by atomic mass is 35.5. The largest absolute Gasteiger partial charge is 0.368 e. The normalized spacial score (nSPS) is 14.5. The second kappa shape index (κ2) is 9.12. The molecule has 5 nitrogen and oxygen atoms in total. The van der Waals surface area contributed by atoms with E-state index in [0.717, 1.165) is 18.8 Å². The highest BCUT2D eigenvalue weighted by molar-refractivity contribution is 7.90. The summed E-state index contributed by atoms with van der Waals surface area (Å²) >= 11 is 5.88. The number of benzene rings is 3. The molecule has 0 atom stereocenters. The van der Waals surface area contributed by atoms with E-state index in [1.807, 2.05) is 18.2 Å². The standard InChI is InChI=1S/C24H23ClN2O3S/c25-21-11-9-19(10-12-21)18-31(29,30)23-8-4-5-20(17-23)24(28)27-15-13-26(14-16-27)22-6-2-1-3-7-22/h1-12,17H,13-16,18H2. The molecule has 0 spiro atoms. The van der Waals surface area contributed by atoms with Gasteiger partial charge in [0.15, 0.2) is 9.84 Å². The van der Waals surface area contributed by atoms with Gasteiger partial charge in [0.2, 0.25) is 0 Å². The molecule has 0 aliphatic carbocycles. The first-order valence-electron chi connectivity index (χ1n) is 10.1. The zero-order valence-electron chi connectivity index (χ0n) is 16.9. The summed E-state index contributed by atoms with van der Waals surface area (Å²) in [6, 6.07) is 23.2. The van der Waals surface area contributed by atoms with Crippen molar-refractivity contribution < 1.29 is 13.2 Å². The molecule has 0 aromatic heterocycles. The van der Waals surface area contributed by atoms with Gasteiger partial charge in [-0.2, -0.15) is 0 Å². The molecular formula is C24H23ClN2O3S. The number of amides is 1. The Balaban J connectivity index is 1.45. The minimum absolute atomic E-state index is 0.141. The number of halogens is 1. The SMILES string of the molecule is O=C(c1cccc(S(=O)(=O)Cc2ccc(Cl)cc2)c1)N1CCN(c2ccccc2)CC1. The average molecular weight is 455 g/mol. The van der Waals surface area contributed by atoms with Gasteiger partial charge in [-0.25, -0.2) is 8.42 Å². The van der Waals surface area contributed by atoms with Gasteiger partial charge in [-0.3, -0.25) is 4.79 Å². The number of piperazine rings is 1. The van der Waals surface area contributed by atoms with Crippen molar-refractivity contribution in [2.45, 2.75) is 10.6 Å². The summed E-state index contributed by atoms with van der Waals surface area (Å²) in [7, 11) is -3.58. The molecule has 1 fully saturated rings. The number of anilines is 1. The molecule has 3 aromatic rings. The van der Waals surface area contributed by atoms with Crippen molar-refractivity contribution in [1.82, 2.24) is 4.90 Å². The van der Waals surface area contributed by atoms with Crippen LogP contribution in [-0.2, 0) is 15.6 Å². The van der Waals surface area contributed by atoms with E-state index < -0.39 is 9.84 Å². The molecule has 0 N–H and O–H groups in total. The third kappa shape index (κ3) is 5.09. The second-order valence-corrected chi connectivity index (χ2v) is 9.95. The van der Waals surface area contributed by atoms with Crippen LogP contribution in [0.2, 0.25) is 5.02 Å². The Labute approximate surface area is 187 Å². The van der Waals surface area contributed by atoms with Crippen LogP contribution in [0.1, 0.15) is 15.9 Å². The van der Waals surface area contributed by atoms with Gasteiger partial charge >= 0.3 is 0 Å². The predicted octanol–water partition coefficient (Wildman–Crippen LogP) is 4.28. The Kier molecular flexibility index (Phi) is 6.30. The van der Waals surface area contributed by atoms with Crippen LogP contribution in [0.5, 0.6) is 0 Å². The van der Waals surface area contributed by atoms with Gasteiger partial charge in [0.05, 0.1) is 10.6 Å². The molecule has 7 heteroatoms. The number of hydrogen-bond acceptors (Lipinski definition) is 4. The first-order valence-corrected chi connectivity index (χ1v) is 12.1. The highest BCUT2D eigenvalue weighted by Crippen LogP contribution is 2.21. The number of hydrogen-bond donors (Lipinski definition) is 0. The summed E-state index contributed by atoms with van der Waals surface area (Å²) in [4.78, 5) is 17.2. The van der Waals surface area contributed by atoms with E-state index in [0.29, 0.717) is 29.2 Å². The number of carbonyl (C=O) groups excluding carboxylic acids is 1. The topological polar surface area (TPSA) is 57.7 Å². The lowest BCUT2D eigenvalue weighted by atomic mass is 10.1. The summed E-state index contributed by atoms with van der Waals surface area (Å²) in [5.74, 6) is -0.284. The van der Waals surface area contributed by atoms with Crippen molar-refractivity contribution in [2.24, 2.45) is 0 Å². The van der Waals surface area contributed by atoms with Gasteiger partial charge in [0.1, 0.15) is 0 Å². The third-order valence-electron chi connectivity index (χ3n) is 5.40. The van der Waals surface area contributed by atoms with Crippen LogP contribution in [-0.4, -0.2) is 45.4 Å². The van der Waals surface area contributed by atoms with E-state index in [1.54, 1.807) is 41.3 Å². The van der Waals surface area contributed by atoms with Crippen molar-refractivity contribution in [1.29, 1.82) is 0 Å². The molecular weight excluding hydrogens is 432 g/mol. The van der Waals surface area contributed by atoms with Crippen LogP contribution in [0.15, 0.2) is 83.8 Å². The van der Waals surface area contributed by atoms with Gasteiger partial charge < -0.3 is 9.80 Å². The third-order valence-corrected chi connectivity index (χ3v) is 7.34. The Bertz CT molecular complexity index is 1160. The number of rotatable bonds is 5. The van der Waals surface area contributed by atoms with E-state index in [4.69, 9.17) is 11.6 Å². The maximum atomic E-state index is 13.0. The maximum absolute atomic E-state index is 13.0. The van der Waals surface area contributed by atoms with Gasteiger partial charge in [0, 0.05) is 42.5 Å². The van der Waals surface area contributed by atoms with E-state index in [2.05, 4.69) is 17.0 Å². The number of sulfone groups is 1. The molecule has 0 bridgehead atoms. The van der Waals surface area contributed by atoms with Crippen molar-refractivity contribution in [2.75, 3.05) is 31.1 Å². The molecule has 0 unspecified atom stereocenters. The molecule has 1 saturated heterocycles. The average Bonchev–Trinajstić information content (AvgIpc) is 2.81. The lowest BCUT2D eigenvalue weighted by Gasteiger charge is -2.36. The fourth-order valence-electron chi connectivity index (χ4n) is 3.70. The second-order valence-electron chi connectivity index (χ2n) is 7.53. The highest BCUT2D eigenvalue weighted by Gasteiger charge is 2.24. The smallest absolute Gasteiger partial charge is 0.254 e. The van der Waals surface area contributed by atoms with Crippen LogP contribution in [0, 0.1) is 0 Å². The predicted molar refractivity (Wildman–Crippen MR) is 123 cm³/mol. The van der Waals surface area contributed by atoms with Crippen LogP contribution in [0.3, 0.4) is 0 Å². The van der Waals surface area contributed by atoms with Crippen molar-refractivity contribution in [3.8, 4) is 0 Å². The first kappa shape index (κ1) is 21.4. The number of para-hydroxylation sites is 1. The summed E-state index contributed by atoms with van der Waals surface area (Å²) in [6.45, 7) is 2.67. The molecule has 3 aromatic carbocycles. The number of carbonyl (C=O) groups is 1. The van der Waals surface area contributed by atoms with Gasteiger partial charge in [0.25, 0.3) is 5.91 Å². The van der Waals surface area contributed by atoms with E-state index >= 15 is 0 Å². The molecule has 0 radical (unpaired) electrons.